The zero-order valence-corrected chi connectivity index (χ0v) is 15.0. The Kier molecular flexibility index (Phi) is 3.58. The van der Waals surface area contributed by atoms with Gasteiger partial charge in [-0.3, -0.25) is 4.79 Å². The lowest BCUT2D eigenvalue weighted by molar-refractivity contribution is -0.130. The van der Waals surface area contributed by atoms with Crippen molar-refractivity contribution in [2.24, 2.45) is 17.3 Å². The van der Waals surface area contributed by atoms with E-state index in [2.05, 4.69) is 26.9 Å². The molecular formula is C18H25N7O. The number of aromatic nitrogens is 4. The summed E-state index contributed by atoms with van der Waals surface area (Å²) in [4.78, 5) is 14.4. The molecular weight excluding hydrogens is 330 g/mol. The average Bonchev–Trinajstić information content (AvgIpc) is 3.36. The van der Waals surface area contributed by atoms with Gasteiger partial charge in [0.25, 0.3) is 0 Å². The van der Waals surface area contributed by atoms with Crippen LogP contribution in [0.2, 0.25) is 0 Å². The van der Waals surface area contributed by atoms with E-state index in [0.717, 1.165) is 38.3 Å². The summed E-state index contributed by atoms with van der Waals surface area (Å²) in [6.45, 7) is 1.97. The van der Waals surface area contributed by atoms with Crippen molar-refractivity contribution in [2.45, 2.75) is 63.1 Å². The number of carbonyl (C=O) groups is 1. The Bertz CT molecular complexity index is 743. The molecule has 5 atom stereocenters. The highest BCUT2D eigenvalue weighted by atomic mass is 16.2. The predicted molar refractivity (Wildman–Crippen MR) is 91.4 cm³/mol. The van der Waals surface area contributed by atoms with Crippen molar-refractivity contribution in [1.82, 2.24) is 30.4 Å². The lowest BCUT2D eigenvalue weighted by Crippen LogP contribution is -2.52. The van der Waals surface area contributed by atoms with Gasteiger partial charge in [-0.2, -0.15) is 5.26 Å². The largest absolute Gasteiger partial charge is 0.326 e. The minimum absolute atomic E-state index is 0.0872. The van der Waals surface area contributed by atoms with Crippen molar-refractivity contribution in [2.75, 3.05) is 13.1 Å². The Labute approximate surface area is 152 Å². The maximum absolute atomic E-state index is 12.7. The Hall–Kier alpha value is -2.01. The molecule has 4 aliphatic carbocycles. The first-order valence-corrected chi connectivity index (χ1v) is 9.76. The number of likely N-dealkylation sites (tertiary alicyclic amines) is 1. The van der Waals surface area contributed by atoms with Crippen LogP contribution in [0.1, 0.15) is 44.9 Å². The van der Waals surface area contributed by atoms with Gasteiger partial charge in [-0.25, -0.2) is 4.68 Å². The third-order valence-electron chi connectivity index (χ3n) is 7.35. The van der Waals surface area contributed by atoms with Crippen molar-refractivity contribution in [3.05, 3.63) is 6.33 Å². The van der Waals surface area contributed by atoms with Crippen LogP contribution in [0.5, 0.6) is 0 Å². The predicted octanol–water partition coefficient (Wildman–Crippen LogP) is 0.726. The molecule has 0 aromatic carbocycles. The zero-order valence-electron chi connectivity index (χ0n) is 15.0. The molecule has 2 heterocycles. The van der Waals surface area contributed by atoms with E-state index in [1.165, 1.54) is 25.7 Å². The van der Waals surface area contributed by atoms with Gasteiger partial charge in [0, 0.05) is 12.1 Å². The number of hydrogen-bond acceptors (Lipinski definition) is 6. The molecule has 6 rings (SSSR count). The number of nitrogens with one attached hydrogen (secondary N) is 1. The summed E-state index contributed by atoms with van der Waals surface area (Å²) < 4.78 is 1.87. The highest BCUT2D eigenvalue weighted by Gasteiger charge is 2.63. The number of carbonyl (C=O) groups excluding carboxylic acids is 1. The van der Waals surface area contributed by atoms with Gasteiger partial charge in [0.15, 0.2) is 0 Å². The van der Waals surface area contributed by atoms with Crippen LogP contribution in [-0.4, -0.2) is 55.7 Å². The van der Waals surface area contributed by atoms with Gasteiger partial charge in [-0.1, -0.05) is 0 Å². The van der Waals surface area contributed by atoms with E-state index in [-0.39, 0.29) is 22.9 Å². The molecule has 1 aromatic rings. The fourth-order valence-electron chi connectivity index (χ4n) is 6.69. The van der Waals surface area contributed by atoms with Crippen LogP contribution in [0, 0.1) is 28.6 Å². The molecule has 4 saturated carbocycles. The molecule has 26 heavy (non-hydrogen) atoms. The zero-order chi connectivity index (χ0) is 17.8. The van der Waals surface area contributed by atoms with Crippen LogP contribution in [0.4, 0.5) is 0 Å². The normalized spacial score (nSPS) is 40.3. The summed E-state index contributed by atoms with van der Waals surface area (Å²) in [7, 11) is 0. The molecule has 5 aliphatic rings. The Morgan fingerprint density at radius 3 is 3.12 bits per heavy atom. The quantitative estimate of drug-likeness (QED) is 0.836. The summed E-state index contributed by atoms with van der Waals surface area (Å²) in [6, 6.07) is 2.04. The number of nitrogens with zero attached hydrogens (tertiary/aromatic N) is 6. The van der Waals surface area contributed by atoms with Gasteiger partial charge in [0.05, 0.1) is 19.2 Å². The standard InChI is InChI=1S/C18H25N7O/c19-8-15-2-1-3-25(15)16(26)9-20-18-6-13-4-14(18)7-17(5-13,10-18)11-24-12-21-22-23-24/h12-15,20H,1-7,9-11H2/t13?,14?,15?,17-,18?/m0/s1. The van der Waals surface area contributed by atoms with E-state index in [4.69, 9.17) is 0 Å². The molecule has 4 unspecified atom stereocenters. The van der Waals surface area contributed by atoms with Crippen molar-refractivity contribution in [3.8, 4) is 6.07 Å². The van der Waals surface area contributed by atoms with E-state index in [1.54, 1.807) is 11.2 Å². The Balaban J connectivity index is 1.28. The molecule has 0 radical (unpaired) electrons. The molecule has 1 aromatic heterocycles. The van der Waals surface area contributed by atoms with Crippen LogP contribution in [0.3, 0.4) is 0 Å². The minimum atomic E-state index is -0.232. The van der Waals surface area contributed by atoms with Gasteiger partial charge < -0.3 is 10.2 Å². The van der Waals surface area contributed by atoms with Crippen molar-refractivity contribution >= 4 is 5.91 Å². The summed E-state index contributed by atoms with van der Waals surface area (Å²) in [5.41, 5.74) is 0.356. The Morgan fingerprint density at radius 2 is 2.31 bits per heavy atom. The molecule has 138 valence electrons. The maximum atomic E-state index is 12.7. The third-order valence-corrected chi connectivity index (χ3v) is 7.35. The molecule has 1 N–H and O–H groups in total. The molecule has 0 spiro atoms. The molecule has 1 amide bonds. The van der Waals surface area contributed by atoms with E-state index in [1.807, 2.05) is 4.68 Å². The van der Waals surface area contributed by atoms with Crippen molar-refractivity contribution in [1.29, 1.82) is 5.26 Å². The van der Waals surface area contributed by atoms with Crippen LogP contribution < -0.4 is 5.32 Å². The van der Waals surface area contributed by atoms with E-state index in [9.17, 15) is 10.1 Å². The van der Waals surface area contributed by atoms with Crippen LogP contribution in [0.15, 0.2) is 6.33 Å². The van der Waals surface area contributed by atoms with Gasteiger partial charge in [-0.05, 0) is 72.6 Å². The van der Waals surface area contributed by atoms with Crippen LogP contribution >= 0.6 is 0 Å². The van der Waals surface area contributed by atoms with Crippen LogP contribution in [-0.2, 0) is 11.3 Å². The highest BCUT2D eigenvalue weighted by Crippen LogP contribution is 2.66. The lowest BCUT2D eigenvalue weighted by atomic mass is 9.68. The van der Waals surface area contributed by atoms with Crippen molar-refractivity contribution in [3.63, 3.8) is 0 Å². The summed E-state index contributed by atoms with van der Waals surface area (Å²) >= 11 is 0. The first-order chi connectivity index (χ1) is 12.6. The number of nitriles is 1. The van der Waals surface area contributed by atoms with E-state index < -0.39 is 0 Å². The lowest BCUT2D eigenvalue weighted by Gasteiger charge is -2.41. The molecule has 8 heteroatoms. The molecule has 4 bridgehead atoms. The first kappa shape index (κ1) is 16.2. The number of hydrogen-bond donors (Lipinski definition) is 1. The highest BCUT2D eigenvalue weighted by molar-refractivity contribution is 5.79. The summed E-state index contributed by atoms with van der Waals surface area (Å²) in [6.07, 6.45) is 9.49. The second kappa shape index (κ2) is 5.74. The van der Waals surface area contributed by atoms with Gasteiger partial charge >= 0.3 is 0 Å². The topological polar surface area (TPSA) is 99.7 Å². The molecule has 8 nitrogen and oxygen atoms in total. The van der Waals surface area contributed by atoms with Gasteiger partial charge in [0.2, 0.25) is 5.91 Å². The molecule has 1 aliphatic heterocycles. The third kappa shape index (κ3) is 2.44. The SMILES string of the molecule is N#CC1CCCN1C(=O)CNC12CC3CC1C[C@@](Cn1cnnn1)(C3)C2. The second-order valence-electron chi connectivity index (χ2n) is 8.98. The van der Waals surface area contributed by atoms with Crippen LogP contribution in [0.25, 0.3) is 0 Å². The number of amides is 1. The molecule has 1 saturated heterocycles. The maximum Gasteiger partial charge on any atom is 0.237 e. The van der Waals surface area contributed by atoms with Gasteiger partial charge in [0.1, 0.15) is 12.4 Å². The fourth-order valence-corrected chi connectivity index (χ4v) is 6.69. The minimum Gasteiger partial charge on any atom is -0.326 e. The average molecular weight is 355 g/mol. The number of tetrazole rings is 1. The Morgan fingerprint density at radius 1 is 1.38 bits per heavy atom. The summed E-state index contributed by atoms with van der Waals surface area (Å²) in [5, 5.41) is 24.5. The monoisotopic (exact) mass is 355 g/mol. The smallest absolute Gasteiger partial charge is 0.237 e. The summed E-state index contributed by atoms with van der Waals surface area (Å²) in [5.74, 6) is 1.49. The van der Waals surface area contributed by atoms with Crippen molar-refractivity contribution < 1.29 is 4.79 Å². The molecule has 5 fully saturated rings. The van der Waals surface area contributed by atoms with E-state index >= 15 is 0 Å². The second-order valence-corrected chi connectivity index (χ2v) is 8.98. The van der Waals surface area contributed by atoms with Gasteiger partial charge in [-0.15, -0.1) is 5.10 Å². The number of rotatable bonds is 5. The first-order valence-electron chi connectivity index (χ1n) is 9.76. The fraction of sp³-hybridized carbons (Fsp3) is 0.833. The van der Waals surface area contributed by atoms with E-state index in [0.29, 0.717) is 12.5 Å².